The van der Waals surface area contributed by atoms with Gasteiger partial charge in [0.05, 0.1) is 19.6 Å². The maximum atomic E-state index is 12.3. The highest BCUT2D eigenvalue weighted by Crippen LogP contribution is 2.27. The molecule has 0 aromatic rings. The van der Waals surface area contributed by atoms with Gasteiger partial charge >= 0.3 is 6.09 Å². The van der Waals surface area contributed by atoms with Crippen molar-refractivity contribution in [2.24, 2.45) is 5.92 Å². The third-order valence-corrected chi connectivity index (χ3v) is 3.86. The molecule has 124 valence electrons. The van der Waals surface area contributed by atoms with Crippen LogP contribution in [0.3, 0.4) is 0 Å². The monoisotopic (exact) mass is 310 g/mol. The number of carbonyl (C=O) groups is 2. The van der Waals surface area contributed by atoms with Crippen molar-refractivity contribution >= 4 is 12.0 Å². The second kappa shape index (κ2) is 6.28. The summed E-state index contributed by atoms with van der Waals surface area (Å²) >= 11 is 0. The lowest BCUT2D eigenvalue weighted by Gasteiger charge is -2.47. The molecule has 0 aromatic carbocycles. The zero-order valence-corrected chi connectivity index (χ0v) is 13.6. The molecule has 0 radical (unpaired) electrons. The van der Waals surface area contributed by atoms with Crippen molar-refractivity contribution < 1.29 is 19.4 Å². The highest BCUT2D eigenvalue weighted by Gasteiger charge is 2.45. The van der Waals surface area contributed by atoms with E-state index in [1.807, 2.05) is 6.08 Å². The Bertz CT molecular complexity index is 461. The van der Waals surface area contributed by atoms with E-state index in [1.54, 1.807) is 25.7 Å². The summed E-state index contributed by atoms with van der Waals surface area (Å²) < 4.78 is 5.12. The topological polar surface area (TPSA) is 78.9 Å². The first-order valence-corrected chi connectivity index (χ1v) is 7.82. The number of allylic oxidation sites excluding steroid dienone is 2. The van der Waals surface area contributed by atoms with E-state index in [4.69, 9.17) is 4.74 Å². The second-order valence-electron chi connectivity index (χ2n) is 7.26. The number of likely N-dealkylation sites (tertiary alicyclic amines) is 1. The van der Waals surface area contributed by atoms with Crippen LogP contribution in [0.1, 0.15) is 40.0 Å². The summed E-state index contributed by atoms with van der Waals surface area (Å²) in [7, 11) is 0. The highest BCUT2D eigenvalue weighted by atomic mass is 16.6. The number of β-amino-alcohol motifs (C(OH)–C–C–N with tert-alkyl or cyclic N) is 1. The van der Waals surface area contributed by atoms with E-state index >= 15 is 0 Å². The third-order valence-electron chi connectivity index (χ3n) is 3.86. The SMILES string of the molecule is CC(C)(C)OC(=O)NCC1(O)CN(C(=O)[C@@H]2CC=CCC2)C1. The highest BCUT2D eigenvalue weighted by molar-refractivity contribution is 5.80. The van der Waals surface area contributed by atoms with Gasteiger partial charge in [0.25, 0.3) is 0 Å². The maximum Gasteiger partial charge on any atom is 0.407 e. The zero-order chi connectivity index (χ0) is 16.4. The first-order valence-electron chi connectivity index (χ1n) is 7.82. The van der Waals surface area contributed by atoms with Crippen LogP contribution in [0.2, 0.25) is 0 Å². The number of carbonyl (C=O) groups excluding carboxylic acids is 2. The molecule has 2 N–H and O–H groups in total. The molecule has 0 aromatic heterocycles. The Hall–Kier alpha value is -1.56. The average Bonchev–Trinajstić information content (AvgIpc) is 2.40. The van der Waals surface area contributed by atoms with Crippen LogP contribution < -0.4 is 5.32 Å². The number of rotatable bonds is 3. The van der Waals surface area contributed by atoms with E-state index < -0.39 is 17.3 Å². The van der Waals surface area contributed by atoms with Crippen molar-refractivity contribution in [2.75, 3.05) is 19.6 Å². The molecule has 1 aliphatic heterocycles. The number of hydrogen-bond acceptors (Lipinski definition) is 4. The van der Waals surface area contributed by atoms with Gasteiger partial charge in [-0.25, -0.2) is 4.79 Å². The van der Waals surface area contributed by atoms with Crippen LogP contribution in [0.25, 0.3) is 0 Å². The van der Waals surface area contributed by atoms with E-state index in [0.717, 1.165) is 19.3 Å². The van der Waals surface area contributed by atoms with Crippen LogP contribution in [0.5, 0.6) is 0 Å². The zero-order valence-electron chi connectivity index (χ0n) is 13.6. The van der Waals surface area contributed by atoms with Crippen molar-refractivity contribution in [3.05, 3.63) is 12.2 Å². The molecule has 2 aliphatic rings. The number of nitrogens with zero attached hydrogens (tertiary/aromatic N) is 1. The Morgan fingerprint density at radius 2 is 2.05 bits per heavy atom. The number of hydrogen-bond donors (Lipinski definition) is 2. The van der Waals surface area contributed by atoms with Crippen molar-refractivity contribution in [1.29, 1.82) is 0 Å². The Labute approximate surface area is 131 Å². The van der Waals surface area contributed by atoms with Gasteiger partial charge in [0.2, 0.25) is 5.91 Å². The smallest absolute Gasteiger partial charge is 0.407 e. The molecular weight excluding hydrogens is 284 g/mol. The van der Waals surface area contributed by atoms with Gasteiger partial charge in [-0.2, -0.15) is 0 Å². The Balaban J connectivity index is 1.73. The summed E-state index contributed by atoms with van der Waals surface area (Å²) in [6.07, 6.45) is 6.19. The average molecular weight is 310 g/mol. The molecule has 1 aliphatic carbocycles. The maximum absolute atomic E-state index is 12.3. The van der Waals surface area contributed by atoms with Crippen molar-refractivity contribution in [3.8, 4) is 0 Å². The van der Waals surface area contributed by atoms with E-state index in [0.29, 0.717) is 0 Å². The number of amides is 2. The largest absolute Gasteiger partial charge is 0.444 e. The van der Waals surface area contributed by atoms with Gasteiger partial charge in [0, 0.05) is 5.92 Å². The minimum Gasteiger partial charge on any atom is -0.444 e. The predicted octanol–water partition coefficient (Wildman–Crippen LogP) is 1.44. The molecule has 0 saturated carbocycles. The molecule has 6 heteroatoms. The van der Waals surface area contributed by atoms with Crippen LogP contribution >= 0.6 is 0 Å². The number of nitrogens with one attached hydrogen (secondary N) is 1. The van der Waals surface area contributed by atoms with E-state index in [1.165, 1.54) is 0 Å². The predicted molar refractivity (Wildman–Crippen MR) is 82.2 cm³/mol. The third kappa shape index (κ3) is 4.47. The lowest BCUT2D eigenvalue weighted by molar-refractivity contribution is -0.158. The summed E-state index contributed by atoms with van der Waals surface area (Å²) in [6.45, 7) is 5.97. The van der Waals surface area contributed by atoms with E-state index in [-0.39, 0.29) is 31.5 Å². The summed E-state index contributed by atoms with van der Waals surface area (Å²) in [5.41, 5.74) is -1.61. The lowest BCUT2D eigenvalue weighted by atomic mass is 9.88. The first kappa shape index (κ1) is 16.8. The summed E-state index contributed by atoms with van der Waals surface area (Å²) in [6, 6.07) is 0. The van der Waals surface area contributed by atoms with Crippen molar-refractivity contribution in [3.63, 3.8) is 0 Å². The minimum atomic E-state index is -1.04. The van der Waals surface area contributed by atoms with Crippen LogP contribution in [0.15, 0.2) is 12.2 Å². The second-order valence-corrected chi connectivity index (χ2v) is 7.26. The molecule has 1 heterocycles. The summed E-state index contributed by atoms with van der Waals surface area (Å²) in [4.78, 5) is 25.5. The van der Waals surface area contributed by atoms with Gasteiger partial charge in [-0.15, -0.1) is 0 Å². The molecule has 0 unspecified atom stereocenters. The molecule has 0 bridgehead atoms. The Kier molecular flexibility index (Phi) is 4.80. The van der Waals surface area contributed by atoms with Gasteiger partial charge in [0.15, 0.2) is 0 Å². The summed E-state index contributed by atoms with van der Waals surface area (Å²) in [5.74, 6) is 0.139. The van der Waals surface area contributed by atoms with Gasteiger partial charge in [-0.05, 0) is 40.0 Å². The van der Waals surface area contributed by atoms with Gasteiger partial charge < -0.3 is 20.1 Å². The standard InChI is InChI=1S/C16H26N2O4/c1-15(2,3)22-14(20)17-9-16(21)10-18(11-16)13(19)12-7-5-4-6-8-12/h4-5,12,21H,6-11H2,1-3H3,(H,17,20)/t12-/m1/s1. The molecule has 1 fully saturated rings. The molecule has 6 nitrogen and oxygen atoms in total. The fourth-order valence-electron chi connectivity index (χ4n) is 2.76. The van der Waals surface area contributed by atoms with Crippen LogP contribution in [-0.4, -0.2) is 52.8 Å². The fourth-order valence-corrected chi connectivity index (χ4v) is 2.76. The van der Waals surface area contributed by atoms with Gasteiger partial charge in [0.1, 0.15) is 11.2 Å². The number of ether oxygens (including phenoxy) is 1. The first-order chi connectivity index (χ1) is 10.2. The molecule has 1 atom stereocenters. The lowest BCUT2D eigenvalue weighted by Crippen LogP contribution is -2.68. The Morgan fingerprint density at radius 3 is 2.59 bits per heavy atom. The van der Waals surface area contributed by atoms with Gasteiger partial charge in [-0.3, -0.25) is 4.79 Å². The number of alkyl carbamates (subject to hydrolysis) is 1. The Morgan fingerprint density at radius 1 is 1.36 bits per heavy atom. The van der Waals surface area contributed by atoms with E-state index in [9.17, 15) is 14.7 Å². The molecule has 2 rings (SSSR count). The van der Waals surface area contributed by atoms with Gasteiger partial charge in [-0.1, -0.05) is 12.2 Å². The summed E-state index contributed by atoms with van der Waals surface area (Å²) in [5, 5.41) is 12.9. The van der Waals surface area contributed by atoms with Crippen LogP contribution in [0, 0.1) is 5.92 Å². The van der Waals surface area contributed by atoms with E-state index in [2.05, 4.69) is 11.4 Å². The molecule has 0 spiro atoms. The minimum absolute atomic E-state index is 0.0355. The molecule has 22 heavy (non-hydrogen) atoms. The normalized spacial score (nSPS) is 23.6. The van der Waals surface area contributed by atoms with Crippen LogP contribution in [0.4, 0.5) is 4.79 Å². The molecule has 1 saturated heterocycles. The van der Waals surface area contributed by atoms with Crippen molar-refractivity contribution in [2.45, 2.75) is 51.2 Å². The fraction of sp³-hybridized carbons (Fsp3) is 0.750. The van der Waals surface area contributed by atoms with Crippen LogP contribution in [-0.2, 0) is 9.53 Å². The molecule has 2 amide bonds. The molecular formula is C16H26N2O4. The number of aliphatic hydroxyl groups is 1. The van der Waals surface area contributed by atoms with Crippen molar-refractivity contribution in [1.82, 2.24) is 10.2 Å². The quantitative estimate of drug-likeness (QED) is 0.773.